The molecule has 1 aliphatic rings. The van der Waals surface area contributed by atoms with Crippen LogP contribution in [0.15, 0.2) is 36.4 Å². The Bertz CT molecular complexity index is 681. The van der Waals surface area contributed by atoms with Crippen LogP contribution in [0.1, 0.15) is 41.5 Å². The van der Waals surface area contributed by atoms with Crippen molar-refractivity contribution >= 4 is 0 Å². The van der Waals surface area contributed by atoms with Gasteiger partial charge in [0.2, 0.25) is 0 Å². The van der Waals surface area contributed by atoms with Gasteiger partial charge in [-0.1, -0.05) is 30.3 Å². The van der Waals surface area contributed by atoms with Gasteiger partial charge < -0.3 is 5.11 Å². The maximum absolute atomic E-state index is 14.5. The van der Waals surface area contributed by atoms with Crippen LogP contribution >= 0.6 is 0 Å². The first-order valence-corrected chi connectivity index (χ1v) is 7.30. The van der Waals surface area contributed by atoms with E-state index in [2.05, 4.69) is 0 Å². The molecule has 2 aromatic rings. The van der Waals surface area contributed by atoms with Crippen molar-refractivity contribution in [2.75, 3.05) is 0 Å². The summed E-state index contributed by atoms with van der Waals surface area (Å²) in [7, 11) is 0. The Morgan fingerprint density at radius 1 is 1.05 bits per heavy atom. The van der Waals surface area contributed by atoms with Gasteiger partial charge >= 0.3 is 0 Å². The fraction of sp³-hybridized carbons (Fsp3) is 0.333. The molecule has 0 heterocycles. The number of hydrogen-bond donors (Lipinski definition) is 1. The van der Waals surface area contributed by atoms with E-state index in [-0.39, 0.29) is 5.56 Å². The van der Waals surface area contributed by atoms with E-state index in [1.807, 2.05) is 12.1 Å². The lowest BCUT2D eigenvalue weighted by Crippen LogP contribution is -2.30. The molecule has 3 heteroatoms. The zero-order chi connectivity index (χ0) is 15.0. The van der Waals surface area contributed by atoms with Crippen molar-refractivity contribution in [3.8, 4) is 0 Å². The molecule has 0 fully saturated rings. The second kappa shape index (κ2) is 5.23. The van der Waals surface area contributed by atoms with Crippen LogP contribution in [0.25, 0.3) is 0 Å². The highest BCUT2D eigenvalue weighted by Crippen LogP contribution is 2.42. The van der Waals surface area contributed by atoms with Gasteiger partial charge in [-0.15, -0.1) is 0 Å². The fourth-order valence-corrected chi connectivity index (χ4v) is 3.27. The van der Waals surface area contributed by atoms with E-state index in [1.54, 1.807) is 19.1 Å². The molecule has 0 radical (unpaired) electrons. The van der Waals surface area contributed by atoms with E-state index in [9.17, 15) is 13.9 Å². The third-order valence-electron chi connectivity index (χ3n) is 4.40. The summed E-state index contributed by atoms with van der Waals surface area (Å²) < 4.78 is 28.8. The van der Waals surface area contributed by atoms with Crippen molar-refractivity contribution in [2.24, 2.45) is 0 Å². The van der Waals surface area contributed by atoms with Crippen LogP contribution in [0.4, 0.5) is 8.78 Å². The molecule has 0 bridgehead atoms. The van der Waals surface area contributed by atoms with Crippen molar-refractivity contribution in [1.82, 2.24) is 0 Å². The molecule has 1 nitrogen and oxygen atoms in total. The van der Waals surface area contributed by atoms with Crippen LogP contribution < -0.4 is 0 Å². The Labute approximate surface area is 123 Å². The van der Waals surface area contributed by atoms with E-state index >= 15 is 0 Å². The minimum absolute atomic E-state index is 0.211. The smallest absolute Gasteiger partial charge is 0.135 e. The van der Waals surface area contributed by atoms with Gasteiger partial charge in [0.25, 0.3) is 0 Å². The quantitative estimate of drug-likeness (QED) is 0.778. The fourth-order valence-electron chi connectivity index (χ4n) is 3.27. The van der Waals surface area contributed by atoms with Gasteiger partial charge in [-0.05, 0) is 55.4 Å². The highest BCUT2D eigenvalue weighted by molar-refractivity contribution is 5.44. The van der Waals surface area contributed by atoms with E-state index in [1.165, 1.54) is 12.1 Å². The third kappa shape index (κ3) is 2.26. The first-order chi connectivity index (χ1) is 10.0. The van der Waals surface area contributed by atoms with Crippen LogP contribution in [-0.2, 0) is 12.0 Å². The summed E-state index contributed by atoms with van der Waals surface area (Å²) in [5.74, 6) is -1.33. The zero-order valence-corrected chi connectivity index (χ0v) is 12.0. The highest BCUT2D eigenvalue weighted by atomic mass is 19.1. The molecule has 0 aliphatic heterocycles. The van der Waals surface area contributed by atoms with Crippen LogP contribution in [0, 0.1) is 18.6 Å². The van der Waals surface area contributed by atoms with E-state index in [4.69, 9.17) is 0 Å². The zero-order valence-electron chi connectivity index (χ0n) is 12.0. The lowest BCUT2D eigenvalue weighted by Gasteiger charge is -2.30. The monoisotopic (exact) mass is 288 g/mol. The van der Waals surface area contributed by atoms with Gasteiger partial charge in [-0.3, -0.25) is 0 Å². The molecule has 0 saturated carbocycles. The molecular formula is C18H18F2O. The summed E-state index contributed by atoms with van der Waals surface area (Å²) in [5.41, 5.74) is 0.148. The molecule has 2 aromatic carbocycles. The number of benzene rings is 2. The Morgan fingerprint density at radius 3 is 2.62 bits per heavy atom. The van der Waals surface area contributed by atoms with Crippen LogP contribution in [0.5, 0.6) is 0 Å². The molecular weight excluding hydrogens is 270 g/mol. The van der Waals surface area contributed by atoms with Crippen LogP contribution in [0.2, 0.25) is 0 Å². The second-order valence-electron chi connectivity index (χ2n) is 5.78. The summed E-state index contributed by atoms with van der Waals surface area (Å²) in [4.78, 5) is 0. The highest BCUT2D eigenvalue weighted by Gasteiger charge is 2.39. The molecule has 1 unspecified atom stereocenters. The summed E-state index contributed by atoms with van der Waals surface area (Å²) in [6.45, 7) is 1.59. The summed E-state index contributed by atoms with van der Waals surface area (Å²) in [6, 6.07) is 10.0. The number of halogens is 2. The lowest BCUT2D eigenvalue weighted by atomic mass is 9.80. The van der Waals surface area contributed by atoms with Crippen LogP contribution in [-0.4, -0.2) is 5.11 Å². The Hall–Kier alpha value is -1.74. The minimum Gasteiger partial charge on any atom is -0.380 e. The normalized spacial score (nSPS) is 21.7. The van der Waals surface area contributed by atoms with Gasteiger partial charge in [0.05, 0.1) is 5.56 Å². The van der Waals surface area contributed by atoms with Gasteiger partial charge in [-0.2, -0.15) is 0 Å². The molecule has 1 N–H and O–H groups in total. The molecule has 0 saturated heterocycles. The first-order valence-electron chi connectivity index (χ1n) is 7.30. The van der Waals surface area contributed by atoms with Crippen molar-refractivity contribution < 1.29 is 13.9 Å². The largest absolute Gasteiger partial charge is 0.380 e. The van der Waals surface area contributed by atoms with E-state index < -0.39 is 17.2 Å². The van der Waals surface area contributed by atoms with Crippen molar-refractivity contribution in [3.63, 3.8) is 0 Å². The summed E-state index contributed by atoms with van der Waals surface area (Å²) in [6.07, 6.45) is 2.81. The minimum atomic E-state index is -1.59. The maximum atomic E-state index is 14.5. The number of fused-ring (bicyclic) bond motifs is 1. The average Bonchev–Trinajstić information content (AvgIpc) is 2.64. The predicted molar refractivity (Wildman–Crippen MR) is 78.1 cm³/mol. The Kier molecular flexibility index (Phi) is 3.54. The van der Waals surface area contributed by atoms with Crippen LogP contribution in [0.3, 0.4) is 0 Å². The van der Waals surface area contributed by atoms with Gasteiger partial charge in [0.1, 0.15) is 17.2 Å². The molecule has 1 aliphatic carbocycles. The number of hydrogen-bond acceptors (Lipinski definition) is 1. The van der Waals surface area contributed by atoms with Gasteiger partial charge in [0.15, 0.2) is 0 Å². The SMILES string of the molecule is Cc1ccc(F)c(C2(O)CCCCc3ccccc32)c1F. The molecule has 1 atom stereocenters. The molecule has 3 rings (SSSR count). The van der Waals surface area contributed by atoms with Crippen molar-refractivity contribution in [1.29, 1.82) is 0 Å². The lowest BCUT2D eigenvalue weighted by molar-refractivity contribution is 0.0623. The van der Waals surface area contributed by atoms with Crippen molar-refractivity contribution in [2.45, 2.75) is 38.2 Å². The number of aryl methyl sites for hydroxylation is 2. The topological polar surface area (TPSA) is 20.2 Å². The van der Waals surface area contributed by atoms with Crippen molar-refractivity contribution in [3.05, 3.63) is 70.3 Å². The first kappa shape index (κ1) is 14.2. The molecule has 0 amide bonds. The molecule has 0 aromatic heterocycles. The molecule has 21 heavy (non-hydrogen) atoms. The number of aliphatic hydroxyl groups is 1. The second-order valence-corrected chi connectivity index (χ2v) is 5.78. The van der Waals surface area contributed by atoms with E-state index in [0.29, 0.717) is 17.5 Å². The van der Waals surface area contributed by atoms with Gasteiger partial charge in [-0.25, -0.2) is 8.78 Å². The summed E-state index contributed by atoms with van der Waals surface area (Å²) in [5, 5.41) is 11.2. The Morgan fingerprint density at radius 2 is 1.81 bits per heavy atom. The maximum Gasteiger partial charge on any atom is 0.135 e. The molecule has 110 valence electrons. The Balaban J connectivity index is 2.28. The average molecular weight is 288 g/mol. The number of rotatable bonds is 1. The van der Waals surface area contributed by atoms with E-state index in [0.717, 1.165) is 24.8 Å². The standard InChI is InChI=1S/C18H18F2O/c1-12-9-10-15(19)16(17(12)20)18(21)11-5-4-7-13-6-2-3-8-14(13)18/h2-3,6,8-10,21H,4-5,7,11H2,1H3. The predicted octanol–water partition coefficient (Wildman–Crippen LogP) is 4.24. The van der Waals surface area contributed by atoms with Gasteiger partial charge in [0, 0.05) is 0 Å². The third-order valence-corrected chi connectivity index (χ3v) is 4.40. The summed E-state index contributed by atoms with van der Waals surface area (Å²) >= 11 is 0. The molecule has 0 spiro atoms.